The molecule has 0 saturated heterocycles. The van der Waals surface area contributed by atoms with E-state index >= 15 is 0 Å². The van der Waals surface area contributed by atoms with Gasteiger partial charge in [-0.1, -0.05) is 0 Å². The Morgan fingerprint density at radius 3 is 3.11 bits per heavy atom. The van der Waals surface area contributed by atoms with Crippen molar-refractivity contribution >= 4 is 11.7 Å². The van der Waals surface area contributed by atoms with Crippen LogP contribution in [0.25, 0.3) is 11.4 Å². The summed E-state index contributed by atoms with van der Waals surface area (Å²) in [6, 6.07) is 3.86. The number of aromatic amines is 1. The summed E-state index contributed by atoms with van der Waals surface area (Å²) in [6.45, 7) is 0.0232. The molecule has 0 fully saturated rings. The molecule has 94 valence electrons. The smallest absolute Gasteiger partial charge is 0.229 e. The van der Waals surface area contributed by atoms with Crippen LogP contribution in [0.5, 0.6) is 0 Å². The minimum atomic E-state index is -0.0623. The number of amides is 1. The molecule has 3 rings (SSSR count). The zero-order valence-corrected chi connectivity index (χ0v) is 10.1. The predicted molar refractivity (Wildman–Crippen MR) is 68.1 cm³/mol. The van der Waals surface area contributed by atoms with Crippen LogP contribution in [0, 0.1) is 11.3 Å². The van der Waals surface area contributed by atoms with Gasteiger partial charge in [0.2, 0.25) is 5.91 Å². The van der Waals surface area contributed by atoms with Gasteiger partial charge in [-0.3, -0.25) is 9.69 Å². The van der Waals surface area contributed by atoms with Crippen molar-refractivity contribution in [3.05, 3.63) is 30.2 Å². The van der Waals surface area contributed by atoms with E-state index in [0.717, 1.165) is 11.1 Å². The molecule has 0 bridgehead atoms. The number of aromatic nitrogens is 3. The third-order valence-electron chi connectivity index (χ3n) is 3.09. The molecule has 1 N–H and O–H groups in total. The second-order valence-corrected chi connectivity index (χ2v) is 4.28. The summed E-state index contributed by atoms with van der Waals surface area (Å²) in [5.41, 5.74) is 1.77. The van der Waals surface area contributed by atoms with E-state index in [1.165, 1.54) is 4.90 Å². The first-order valence-electron chi connectivity index (χ1n) is 5.96. The third kappa shape index (κ3) is 1.95. The number of carbonyl (C=O) groups is 1. The van der Waals surface area contributed by atoms with E-state index < -0.39 is 0 Å². The maximum absolute atomic E-state index is 11.9. The Morgan fingerprint density at radius 2 is 2.37 bits per heavy atom. The van der Waals surface area contributed by atoms with E-state index in [4.69, 9.17) is 5.26 Å². The maximum atomic E-state index is 11.9. The third-order valence-corrected chi connectivity index (χ3v) is 3.09. The summed E-state index contributed by atoms with van der Waals surface area (Å²) in [7, 11) is 0. The predicted octanol–water partition coefficient (Wildman–Crippen LogP) is 1.27. The molecule has 0 spiro atoms. The molecule has 6 nitrogen and oxygen atoms in total. The van der Waals surface area contributed by atoms with Gasteiger partial charge >= 0.3 is 0 Å². The first-order valence-corrected chi connectivity index (χ1v) is 5.96. The summed E-state index contributed by atoms with van der Waals surface area (Å²) in [5, 5.41) is 8.82. The topological polar surface area (TPSA) is 85.7 Å². The maximum Gasteiger partial charge on any atom is 0.229 e. The van der Waals surface area contributed by atoms with Gasteiger partial charge in [0.25, 0.3) is 0 Å². The van der Waals surface area contributed by atoms with Gasteiger partial charge in [0, 0.05) is 36.1 Å². The monoisotopic (exact) mass is 253 g/mol. The lowest BCUT2D eigenvalue weighted by molar-refractivity contribution is -0.118. The number of aryl methyl sites for hydroxylation is 1. The van der Waals surface area contributed by atoms with Gasteiger partial charge in [-0.15, -0.1) is 0 Å². The van der Waals surface area contributed by atoms with E-state index in [9.17, 15) is 4.79 Å². The van der Waals surface area contributed by atoms with Crippen molar-refractivity contribution in [2.24, 2.45) is 0 Å². The minimum Gasteiger partial charge on any atom is -0.367 e. The lowest BCUT2D eigenvalue weighted by Crippen LogP contribution is -2.36. The van der Waals surface area contributed by atoms with Gasteiger partial charge in [0.05, 0.1) is 6.07 Å². The normalized spacial score (nSPS) is 14.1. The Kier molecular flexibility index (Phi) is 2.72. The number of carbonyl (C=O) groups excluding carboxylic acids is 1. The molecule has 0 aliphatic carbocycles. The van der Waals surface area contributed by atoms with Gasteiger partial charge in [0.1, 0.15) is 12.4 Å². The molecule has 1 aliphatic rings. The summed E-state index contributed by atoms with van der Waals surface area (Å²) in [5.74, 6) is 1.05. The van der Waals surface area contributed by atoms with Crippen LogP contribution >= 0.6 is 0 Å². The molecule has 0 atom stereocenters. The number of anilines is 1. The molecule has 0 unspecified atom stereocenters. The van der Waals surface area contributed by atoms with Crippen molar-refractivity contribution in [1.29, 1.82) is 5.26 Å². The van der Waals surface area contributed by atoms with Gasteiger partial charge in [-0.05, 0) is 12.5 Å². The van der Waals surface area contributed by atoms with E-state index in [-0.39, 0.29) is 12.5 Å². The Balaban J connectivity index is 2.07. The average molecular weight is 253 g/mol. The van der Waals surface area contributed by atoms with Crippen molar-refractivity contribution in [3.63, 3.8) is 0 Å². The highest BCUT2D eigenvalue weighted by Gasteiger charge is 2.26. The molecule has 6 heteroatoms. The molecule has 0 radical (unpaired) electrons. The summed E-state index contributed by atoms with van der Waals surface area (Å²) >= 11 is 0. The zero-order valence-electron chi connectivity index (χ0n) is 10.1. The molecular formula is C13H11N5O. The Bertz CT molecular complexity index is 656. The van der Waals surface area contributed by atoms with Gasteiger partial charge in [-0.2, -0.15) is 5.26 Å². The van der Waals surface area contributed by atoms with Gasteiger partial charge < -0.3 is 4.98 Å². The number of hydrogen-bond acceptors (Lipinski definition) is 4. The highest BCUT2D eigenvalue weighted by molar-refractivity contribution is 5.95. The molecule has 0 saturated carbocycles. The molecule has 2 aromatic rings. The molecule has 0 aromatic carbocycles. The van der Waals surface area contributed by atoms with Crippen LogP contribution in [0.1, 0.15) is 12.0 Å². The van der Waals surface area contributed by atoms with Crippen molar-refractivity contribution in [1.82, 2.24) is 15.0 Å². The highest BCUT2D eigenvalue weighted by Crippen LogP contribution is 2.27. The van der Waals surface area contributed by atoms with Crippen molar-refractivity contribution in [2.45, 2.75) is 12.8 Å². The van der Waals surface area contributed by atoms with Crippen LogP contribution in [0.15, 0.2) is 24.7 Å². The molecule has 2 aromatic heterocycles. The van der Waals surface area contributed by atoms with Crippen LogP contribution in [-0.4, -0.2) is 27.4 Å². The largest absolute Gasteiger partial charge is 0.367 e. The van der Waals surface area contributed by atoms with E-state index in [2.05, 4.69) is 15.0 Å². The average Bonchev–Trinajstić information content (AvgIpc) is 2.96. The van der Waals surface area contributed by atoms with E-state index in [1.807, 2.05) is 12.1 Å². The van der Waals surface area contributed by atoms with E-state index in [0.29, 0.717) is 24.5 Å². The number of nitrogens with zero attached hydrogens (tertiary/aromatic N) is 4. The molecule has 3 heterocycles. The van der Waals surface area contributed by atoms with Crippen LogP contribution in [0.4, 0.5) is 5.82 Å². The first kappa shape index (κ1) is 11.4. The Morgan fingerprint density at radius 1 is 1.47 bits per heavy atom. The quantitative estimate of drug-likeness (QED) is 0.817. The number of H-pyrrole nitrogens is 1. The van der Waals surface area contributed by atoms with Gasteiger partial charge in [-0.25, -0.2) is 9.97 Å². The molecule has 1 amide bonds. The molecule has 19 heavy (non-hydrogen) atoms. The van der Waals surface area contributed by atoms with Crippen LogP contribution in [0.3, 0.4) is 0 Å². The van der Waals surface area contributed by atoms with E-state index in [1.54, 1.807) is 18.6 Å². The first-order chi connectivity index (χ1) is 9.29. The SMILES string of the molecule is N#CCN1C(=O)CCc2cnc(-c3cc[nH]c3)nc21. The fraction of sp³-hybridized carbons (Fsp3) is 0.231. The fourth-order valence-electron chi connectivity index (χ4n) is 2.14. The number of nitriles is 1. The number of nitrogens with one attached hydrogen (secondary N) is 1. The second kappa shape index (κ2) is 4.53. The minimum absolute atomic E-state index is 0.0232. The van der Waals surface area contributed by atoms with Crippen LogP contribution in [-0.2, 0) is 11.2 Å². The molecular weight excluding hydrogens is 242 g/mol. The second-order valence-electron chi connectivity index (χ2n) is 4.28. The number of rotatable bonds is 2. The number of fused-ring (bicyclic) bond motifs is 1. The Labute approximate surface area is 109 Å². The van der Waals surface area contributed by atoms with Crippen LogP contribution < -0.4 is 4.90 Å². The zero-order chi connectivity index (χ0) is 13.2. The van der Waals surface area contributed by atoms with Crippen molar-refractivity contribution in [2.75, 3.05) is 11.4 Å². The number of hydrogen-bond donors (Lipinski definition) is 1. The van der Waals surface area contributed by atoms with Crippen LogP contribution in [0.2, 0.25) is 0 Å². The Hall–Kier alpha value is -2.68. The van der Waals surface area contributed by atoms with Gasteiger partial charge in [0.15, 0.2) is 5.82 Å². The highest BCUT2D eigenvalue weighted by atomic mass is 16.2. The standard InChI is InChI=1S/C13H11N5O/c14-4-6-18-11(19)2-1-10-8-16-12(17-13(10)18)9-3-5-15-7-9/h3,5,7-8,15H,1-2,6H2. The fourth-order valence-corrected chi connectivity index (χ4v) is 2.14. The summed E-state index contributed by atoms with van der Waals surface area (Å²) in [6.07, 6.45) is 6.35. The molecule has 1 aliphatic heterocycles. The lowest BCUT2D eigenvalue weighted by Gasteiger charge is -2.25. The summed E-state index contributed by atoms with van der Waals surface area (Å²) < 4.78 is 0. The van der Waals surface area contributed by atoms with Crippen molar-refractivity contribution < 1.29 is 4.79 Å². The summed E-state index contributed by atoms with van der Waals surface area (Å²) in [4.78, 5) is 25.0. The van der Waals surface area contributed by atoms with Crippen molar-refractivity contribution in [3.8, 4) is 17.5 Å². The lowest BCUT2D eigenvalue weighted by atomic mass is 10.1.